The van der Waals surface area contributed by atoms with Crippen LogP contribution in [0.15, 0.2) is 41.2 Å². The molecule has 1 aliphatic rings. The SMILES string of the molecule is O=C(Cc1ccc(Cl)cc1Cl)NC1CCN(C(=O)c2ccoc2)CC1. The van der Waals surface area contributed by atoms with Gasteiger partial charge in [0.15, 0.2) is 0 Å². The van der Waals surface area contributed by atoms with Crippen molar-refractivity contribution in [2.24, 2.45) is 0 Å². The van der Waals surface area contributed by atoms with Gasteiger partial charge in [-0.1, -0.05) is 29.3 Å². The molecule has 0 radical (unpaired) electrons. The molecule has 0 saturated carbocycles. The lowest BCUT2D eigenvalue weighted by Crippen LogP contribution is -2.46. The Hall–Kier alpha value is -1.98. The van der Waals surface area contributed by atoms with Crippen LogP contribution >= 0.6 is 23.2 Å². The lowest BCUT2D eigenvalue weighted by atomic mass is 10.0. The Kier molecular flexibility index (Phi) is 5.66. The fourth-order valence-electron chi connectivity index (χ4n) is 2.91. The second kappa shape index (κ2) is 7.93. The smallest absolute Gasteiger partial charge is 0.257 e. The van der Waals surface area contributed by atoms with E-state index in [1.54, 1.807) is 29.2 Å². The van der Waals surface area contributed by atoms with Gasteiger partial charge in [0.25, 0.3) is 5.91 Å². The van der Waals surface area contributed by atoms with Crippen molar-refractivity contribution in [2.75, 3.05) is 13.1 Å². The zero-order valence-electron chi connectivity index (χ0n) is 13.5. The highest BCUT2D eigenvalue weighted by atomic mass is 35.5. The van der Waals surface area contributed by atoms with E-state index in [1.807, 2.05) is 0 Å². The van der Waals surface area contributed by atoms with E-state index in [9.17, 15) is 9.59 Å². The van der Waals surface area contributed by atoms with E-state index in [4.69, 9.17) is 27.6 Å². The fraction of sp³-hybridized carbons (Fsp3) is 0.333. The molecule has 0 bridgehead atoms. The highest BCUT2D eigenvalue weighted by molar-refractivity contribution is 6.35. The van der Waals surface area contributed by atoms with Crippen LogP contribution in [0.3, 0.4) is 0 Å². The number of rotatable bonds is 4. The maximum absolute atomic E-state index is 12.2. The molecule has 132 valence electrons. The number of furan rings is 1. The van der Waals surface area contributed by atoms with Crippen molar-refractivity contribution in [1.29, 1.82) is 0 Å². The van der Waals surface area contributed by atoms with Crippen LogP contribution in [0.5, 0.6) is 0 Å². The molecule has 1 fully saturated rings. The van der Waals surface area contributed by atoms with Crippen molar-refractivity contribution < 1.29 is 14.0 Å². The third-order valence-corrected chi connectivity index (χ3v) is 4.87. The average molecular weight is 381 g/mol. The third kappa shape index (κ3) is 4.55. The summed E-state index contributed by atoms with van der Waals surface area (Å²) in [5.74, 6) is -0.115. The Morgan fingerprint density at radius 2 is 1.96 bits per heavy atom. The van der Waals surface area contributed by atoms with Crippen molar-refractivity contribution >= 4 is 35.0 Å². The normalized spacial score (nSPS) is 15.2. The van der Waals surface area contributed by atoms with Crippen LogP contribution in [0.2, 0.25) is 10.0 Å². The van der Waals surface area contributed by atoms with E-state index in [1.165, 1.54) is 12.5 Å². The topological polar surface area (TPSA) is 62.6 Å². The van der Waals surface area contributed by atoms with E-state index in [0.29, 0.717) is 28.7 Å². The molecule has 0 unspecified atom stereocenters. The molecule has 3 rings (SSSR count). The molecular formula is C18H18Cl2N2O3. The Balaban J connectivity index is 1.48. The number of halogens is 2. The van der Waals surface area contributed by atoms with Gasteiger partial charge >= 0.3 is 0 Å². The molecule has 5 nitrogen and oxygen atoms in total. The summed E-state index contributed by atoms with van der Waals surface area (Å²) in [5, 5.41) is 4.05. The number of hydrogen-bond donors (Lipinski definition) is 1. The van der Waals surface area contributed by atoms with E-state index < -0.39 is 0 Å². The molecule has 7 heteroatoms. The van der Waals surface area contributed by atoms with Crippen LogP contribution in [-0.4, -0.2) is 35.8 Å². The number of carbonyl (C=O) groups is 2. The second-order valence-electron chi connectivity index (χ2n) is 6.06. The summed E-state index contributed by atoms with van der Waals surface area (Å²) in [7, 11) is 0. The second-order valence-corrected chi connectivity index (χ2v) is 6.90. The lowest BCUT2D eigenvalue weighted by molar-refractivity contribution is -0.121. The van der Waals surface area contributed by atoms with Crippen molar-refractivity contribution in [1.82, 2.24) is 10.2 Å². The van der Waals surface area contributed by atoms with Gasteiger partial charge < -0.3 is 14.6 Å². The zero-order valence-corrected chi connectivity index (χ0v) is 15.0. The predicted octanol–water partition coefficient (Wildman–Crippen LogP) is 3.55. The van der Waals surface area contributed by atoms with E-state index in [2.05, 4.69) is 5.32 Å². The van der Waals surface area contributed by atoms with Crippen LogP contribution in [0.1, 0.15) is 28.8 Å². The van der Waals surface area contributed by atoms with Gasteiger partial charge in [0, 0.05) is 29.2 Å². The highest BCUT2D eigenvalue weighted by Gasteiger charge is 2.25. The summed E-state index contributed by atoms with van der Waals surface area (Å²) in [6, 6.07) is 6.83. The number of benzene rings is 1. The van der Waals surface area contributed by atoms with Gasteiger partial charge in [0.2, 0.25) is 5.91 Å². The first-order valence-electron chi connectivity index (χ1n) is 8.07. The van der Waals surface area contributed by atoms with Crippen LogP contribution in [0, 0.1) is 0 Å². The molecule has 1 aliphatic heterocycles. The third-order valence-electron chi connectivity index (χ3n) is 4.28. The van der Waals surface area contributed by atoms with Crippen molar-refractivity contribution in [3.63, 3.8) is 0 Å². The van der Waals surface area contributed by atoms with Gasteiger partial charge in [-0.3, -0.25) is 9.59 Å². The van der Waals surface area contributed by atoms with Crippen LogP contribution in [-0.2, 0) is 11.2 Å². The summed E-state index contributed by atoms with van der Waals surface area (Å²) in [6.07, 6.45) is 4.60. The van der Waals surface area contributed by atoms with Gasteiger partial charge in [-0.2, -0.15) is 0 Å². The Bertz CT molecular complexity index is 754. The monoisotopic (exact) mass is 380 g/mol. The van der Waals surface area contributed by atoms with Crippen molar-refractivity contribution in [3.8, 4) is 0 Å². The van der Waals surface area contributed by atoms with Crippen LogP contribution in [0.25, 0.3) is 0 Å². The number of amides is 2. The Labute approximate surface area is 155 Å². The van der Waals surface area contributed by atoms with Crippen LogP contribution < -0.4 is 5.32 Å². The molecule has 1 N–H and O–H groups in total. The standard InChI is InChI=1S/C18H18Cl2N2O3/c19-14-2-1-12(16(20)10-14)9-17(23)21-15-3-6-22(7-4-15)18(24)13-5-8-25-11-13/h1-2,5,8,10-11,15H,3-4,6-7,9H2,(H,21,23). The molecule has 0 atom stereocenters. The minimum absolute atomic E-state index is 0.0357. The minimum Gasteiger partial charge on any atom is -0.472 e. The minimum atomic E-state index is -0.0798. The predicted molar refractivity (Wildman–Crippen MR) is 95.9 cm³/mol. The molecule has 0 aliphatic carbocycles. The lowest BCUT2D eigenvalue weighted by Gasteiger charge is -2.32. The number of carbonyl (C=O) groups excluding carboxylic acids is 2. The van der Waals surface area contributed by atoms with Crippen molar-refractivity contribution in [2.45, 2.75) is 25.3 Å². The summed E-state index contributed by atoms with van der Waals surface area (Å²) < 4.78 is 4.95. The fourth-order valence-corrected chi connectivity index (χ4v) is 3.39. The Morgan fingerprint density at radius 3 is 2.60 bits per heavy atom. The van der Waals surface area contributed by atoms with Gasteiger partial charge in [-0.15, -0.1) is 0 Å². The number of hydrogen-bond acceptors (Lipinski definition) is 3. The van der Waals surface area contributed by atoms with E-state index in [-0.39, 0.29) is 24.3 Å². The molecule has 25 heavy (non-hydrogen) atoms. The largest absolute Gasteiger partial charge is 0.472 e. The first-order valence-corrected chi connectivity index (χ1v) is 8.83. The van der Waals surface area contributed by atoms with Gasteiger partial charge in [-0.05, 0) is 36.6 Å². The molecule has 1 aromatic heterocycles. The molecule has 1 saturated heterocycles. The van der Waals surface area contributed by atoms with Gasteiger partial charge in [0.1, 0.15) is 6.26 Å². The first-order chi connectivity index (χ1) is 12.0. The van der Waals surface area contributed by atoms with Gasteiger partial charge in [0.05, 0.1) is 18.2 Å². The summed E-state index contributed by atoms with van der Waals surface area (Å²) in [4.78, 5) is 26.3. The zero-order chi connectivity index (χ0) is 17.8. The Morgan fingerprint density at radius 1 is 1.20 bits per heavy atom. The number of nitrogens with one attached hydrogen (secondary N) is 1. The highest BCUT2D eigenvalue weighted by Crippen LogP contribution is 2.21. The maximum atomic E-state index is 12.2. The number of piperidine rings is 1. The summed E-state index contributed by atoms with van der Waals surface area (Å²) >= 11 is 12.0. The molecule has 2 aromatic rings. The molecule has 0 spiro atoms. The first kappa shape index (κ1) is 17.8. The van der Waals surface area contributed by atoms with E-state index >= 15 is 0 Å². The van der Waals surface area contributed by atoms with Crippen LogP contribution in [0.4, 0.5) is 0 Å². The molecule has 1 aromatic carbocycles. The molecular weight excluding hydrogens is 363 g/mol. The van der Waals surface area contributed by atoms with Crippen molar-refractivity contribution in [3.05, 3.63) is 58.0 Å². The average Bonchev–Trinajstić information content (AvgIpc) is 3.12. The van der Waals surface area contributed by atoms with E-state index in [0.717, 1.165) is 18.4 Å². The quantitative estimate of drug-likeness (QED) is 0.881. The number of nitrogens with zero attached hydrogens (tertiary/aromatic N) is 1. The van der Waals surface area contributed by atoms with Gasteiger partial charge in [-0.25, -0.2) is 0 Å². The molecule has 2 heterocycles. The summed E-state index contributed by atoms with van der Waals surface area (Å²) in [6.45, 7) is 1.22. The molecule has 2 amide bonds. The maximum Gasteiger partial charge on any atom is 0.257 e. The number of likely N-dealkylation sites (tertiary alicyclic amines) is 1. The summed E-state index contributed by atoms with van der Waals surface area (Å²) in [5.41, 5.74) is 1.30.